The lowest BCUT2D eigenvalue weighted by Gasteiger charge is -2.15. The van der Waals surface area contributed by atoms with E-state index in [1.54, 1.807) is 13.4 Å². The zero-order valence-electron chi connectivity index (χ0n) is 26.7. The van der Waals surface area contributed by atoms with Gasteiger partial charge in [0, 0.05) is 29.3 Å². The summed E-state index contributed by atoms with van der Waals surface area (Å²) in [5, 5.41) is 27.6. The fourth-order valence-electron chi connectivity index (χ4n) is 5.58. The van der Waals surface area contributed by atoms with Crippen LogP contribution in [0.3, 0.4) is 0 Å². The van der Waals surface area contributed by atoms with Crippen molar-refractivity contribution in [1.82, 2.24) is 25.2 Å². The molecule has 2 unspecified atom stereocenters. The Bertz CT molecular complexity index is 1520. The third-order valence-electron chi connectivity index (χ3n) is 7.82. The van der Waals surface area contributed by atoms with E-state index in [9.17, 15) is 8.78 Å². The van der Waals surface area contributed by atoms with Crippen LogP contribution in [0.1, 0.15) is 56.7 Å². The molecule has 0 bridgehead atoms. The van der Waals surface area contributed by atoms with E-state index < -0.39 is 17.4 Å². The second-order valence-corrected chi connectivity index (χ2v) is 13.0. The zero-order valence-corrected chi connectivity index (χ0v) is 28.3. The molecule has 5 rings (SSSR count). The average molecular weight is 704 g/mol. The fourth-order valence-corrected chi connectivity index (χ4v) is 6.17. The maximum absolute atomic E-state index is 13.7. The molecule has 9 nitrogen and oxygen atoms in total. The van der Waals surface area contributed by atoms with Gasteiger partial charge in [0.2, 0.25) is 0 Å². The number of hydrogen-bond acceptors (Lipinski definition) is 8. The van der Waals surface area contributed by atoms with Crippen molar-refractivity contribution in [2.45, 2.75) is 64.3 Å². The number of ether oxygens (including phenoxy) is 1. The van der Waals surface area contributed by atoms with E-state index in [0.717, 1.165) is 77.6 Å². The van der Waals surface area contributed by atoms with Crippen LogP contribution in [-0.4, -0.2) is 63.8 Å². The average Bonchev–Trinajstić information content (AvgIpc) is 3.62. The van der Waals surface area contributed by atoms with Gasteiger partial charge in [-0.2, -0.15) is 0 Å². The van der Waals surface area contributed by atoms with E-state index in [-0.39, 0.29) is 0 Å². The standard InChI is InChI=1S/C31H37BrF2N6O.C3H8O2/c1-41-26-9-4-21(5-10-26)18-37-30-29-27(32)19-40(31(29)39-20-38-30)25-8-3-22(15-25)17-36-13-2-12-35-14-11-23-6-7-24(33)16-28(23)34;1-3(2,4)5/h4-7,9-10,16,19-20,22,25,35-36H,2-3,8,11-15,17-18H2,1H3,(H,37,38,39);4-5H,1-2H3. The molecule has 1 fully saturated rings. The largest absolute Gasteiger partial charge is 0.497 e. The van der Waals surface area contributed by atoms with E-state index in [1.807, 2.05) is 24.3 Å². The number of rotatable bonds is 14. The van der Waals surface area contributed by atoms with Crippen LogP contribution in [0.2, 0.25) is 0 Å². The predicted molar refractivity (Wildman–Crippen MR) is 181 cm³/mol. The number of fused-ring (bicyclic) bond motifs is 1. The van der Waals surface area contributed by atoms with Crippen LogP contribution in [0.25, 0.3) is 11.0 Å². The molecule has 12 heteroatoms. The summed E-state index contributed by atoms with van der Waals surface area (Å²) in [6.45, 7) is 6.73. The van der Waals surface area contributed by atoms with Crippen molar-refractivity contribution >= 4 is 32.8 Å². The number of aliphatic hydroxyl groups is 2. The van der Waals surface area contributed by atoms with Gasteiger partial charge in [0.1, 0.15) is 35.2 Å². The van der Waals surface area contributed by atoms with Crippen LogP contribution >= 0.6 is 15.9 Å². The number of halogens is 3. The summed E-state index contributed by atoms with van der Waals surface area (Å²) in [6, 6.07) is 12.2. The van der Waals surface area contributed by atoms with Gasteiger partial charge in [-0.05, 0) is 123 Å². The van der Waals surface area contributed by atoms with Crippen LogP contribution in [0, 0.1) is 17.6 Å². The molecule has 5 N–H and O–H groups in total. The SMILES string of the molecule is CC(C)(O)O.COc1ccc(CNc2ncnc3c2c(Br)cn3C2CCC(CNCCCNCCc3ccc(F)cc3F)C2)cc1. The fraction of sp³-hybridized carbons (Fsp3) is 0.471. The van der Waals surface area contributed by atoms with Gasteiger partial charge >= 0.3 is 0 Å². The van der Waals surface area contributed by atoms with Gasteiger partial charge in [0.05, 0.1) is 12.5 Å². The molecule has 1 saturated carbocycles. The molecule has 0 radical (unpaired) electrons. The van der Waals surface area contributed by atoms with Crippen molar-refractivity contribution in [2.75, 3.05) is 38.6 Å². The molecule has 250 valence electrons. The molecule has 2 aromatic carbocycles. The Morgan fingerprint density at radius 2 is 1.76 bits per heavy atom. The number of methoxy groups -OCH3 is 1. The Hall–Kier alpha value is -3.16. The van der Waals surface area contributed by atoms with E-state index >= 15 is 0 Å². The highest BCUT2D eigenvalue weighted by molar-refractivity contribution is 9.10. The lowest BCUT2D eigenvalue weighted by molar-refractivity contribution is -0.127. The second kappa shape index (κ2) is 17.1. The van der Waals surface area contributed by atoms with Crippen LogP contribution in [0.15, 0.2) is 59.5 Å². The topological polar surface area (TPSA) is 116 Å². The van der Waals surface area contributed by atoms with E-state index in [2.05, 4.69) is 52.6 Å². The quantitative estimate of drug-likeness (QED) is 0.0809. The van der Waals surface area contributed by atoms with Crippen molar-refractivity contribution in [2.24, 2.45) is 5.92 Å². The molecule has 2 atom stereocenters. The van der Waals surface area contributed by atoms with E-state index in [4.69, 9.17) is 14.9 Å². The first-order valence-corrected chi connectivity index (χ1v) is 16.5. The minimum atomic E-state index is -1.50. The monoisotopic (exact) mass is 702 g/mol. The second-order valence-electron chi connectivity index (χ2n) is 12.1. The van der Waals surface area contributed by atoms with Crippen LogP contribution in [0.5, 0.6) is 5.75 Å². The number of aromatic nitrogens is 3. The summed E-state index contributed by atoms with van der Waals surface area (Å²) in [5.74, 6) is -0.221. The zero-order chi connectivity index (χ0) is 33.1. The highest BCUT2D eigenvalue weighted by atomic mass is 79.9. The molecule has 4 aromatic rings. The Balaban J connectivity index is 0.000000892. The molecule has 0 spiro atoms. The Morgan fingerprint density at radius 3 is 2.48 bits per heavy atom. The molecule has 0 saturated heterocycles. The first kappa shape index (κ1) is 35.7. The lowest BCUT2D eigenvalue weighted by atomic mass is 10.1. The number of nitrogens with one attached hydrogen (secondary N) is 3. The minimum Gasteiger partial charge on any atom is -0.497 e. The summed E-state index contributed by atoms with van der Waals surface area (Å²) in [5.41, 5.74) is 2.65. The predicted octanol–water partition coefficient (Wildman–Crippen LogP) is 5.95. The molecular weight excluding hydrogens is 658 g/mol. The van der Waals surface area contributed by atoms with E-state index in [1.165, 1.54) is 32.4 Å². The highest BCUT2D eigenvalue weighted by Crippen LogP contribution is 2.39. The van der Waals surface area contributed by atoms with Crippen LogP contribution < -0.4 is 20.7 Å². The highest BCUT2D eigenvalue weighted by Gasteiger charge is 2.28. The van der Waals surface area contributed by atoms with Gasteiger partial charge in [-0.15, -0.1) is 0 Å². The van der Waals surface area contributed by atoms with Gasteiger partial charge < -0.3 is 35.5 Å². The van der Waals surface area contributed by atoms with Crippen molar-refractivity contribution < 1.29 is 23.7 Å². The Labute approximate surface area is 277 Å². The summed E-state index contributed by atoms with van der Waals surface area (Å²) in [4.78, 5) is 9.19. The van der Waals surface area contributed by atoms with Gasteiger partial charge in [-0.25, -0.2) is 18.7 Å². The van der Waals surface area contributed by atoms with Crippen molar-refractivity contribution in [3.63, 3.8) is 0 Å². The van der Waals surface area contributed by atoms with Gasteiger partial charge in [-0.1, -0.05) is 18.2 Å². The molecule has 2 heterocycles. The number of nitrogens with zero attached hydrogens (tertiary/aromatic N) is 3. The molecular formula is C34H45BrF2N6O3. The smallest absolute Gasteiger partial charge is 0.156 e. The number of anilines is 1. The summed E-state index contributed by atoms with van der Waals surface area (Å²) >= 11 is 3.76. The number of benzene rings is 2. The summed E-state index contributed by atoms with van der Waals surface area (Å²) in [7, 11) is 1.67. The number of hydrogen-bond donors (Lipinski definition) is 5. The Kier molecular flexibility index (Phi) is 13.3. The van der Waals surface area contributed by atoms with Gasteiger partial charge in [0.15, 0.2) is 5.79 Å². The molecule has 0 aliphatic heterocycles. The first-order chi connectivity index (χ1) is 22.0. The van der Waals surface area contributed by atoms with Gasteiger partial charge in [-0.3, -0.25) is 0 Å². The molecule has 1 aliphatic carbocycles. The first-order valence-electron chi connectivity index (χ1n) is 15.7. The summed E-state index contributed by atoms with van der Waals surface area (Å²) < 4.78 is 35.3. The van der Waals surface area contributed by atoms with Crippen molar-refractivity contribution in [1.29, 1.82) is 0 Å². The molecule has 2 aromatic heterocycles. The van der Waals surface area contributed by atoms with Crippen LogP contribution in [0.4, 0.5) is 14.6 Å². The van der Waals surface area contributed by atoms with Crippen LogP contribution in [-0.2, 0) is 13.0 Å². The summed E-state index contributed by atoms with van der Waals surface area (Å²) in [6.07, 6.45) is 8.77. The normalized spacial score (nSPS) is 16.3. The molecule has 46 heavy (non-hydrogen) atoms. The molecule has 0 amide bonds. The van der Waals surface area contributed by atoms with Crippen molar-refractivity contribution in [3.05, 3.63) is 82.2 Å². The Morgan fingerprint density at radius 1 is 1.02 bits per heavy atom. The van der Waals surface area contributed by atoms with Crippen molar-refractivity contribution in [3.8, 4) is 5.75 Å². The third kappa shape index (κ3) is 11.0. The van der Waals surface area contributed by atoms with Gasteiger partial charge in [0.25, 0.3) is 0 Å². The maximum atomic E-state index is 13.7. The lowest BCUT2D eigenvalue weighted by Crippen LogP contribution is -2.26. The third-order valence-corrected chi connectivity index (χ3v) is 8.42. The maximum Gasteiger partial charge on any atom is 0.156 e. The van der Waals surface area contributed by atoms with E-state index in [0.29, 0.717) is 37.0 Å². The molecule has 1 aliphatic rings. The minimum absolute atomic E-state index is 0.411.